The van der Waals surface area contributed by atoms with Gasteiger partial charge in [0.05, 0.1) is 12.9 Å². The van der Waals surface area contributed by atoms with Crippen LogP contribution in [-0.4, -0.2) is 60.5 Å². The van der Waals surface area contributed by atoms with Crippen molar-refractivity contribution in [3.8, 4) is 5.75 Å². The standard InChI is InChI=1S/C17H18N2O6S/c1-24-13-4-2-3-12(9-13)5-6-16(22)25-10-14(20)18-7-8-19-15(21)11-26-17(19)23/h2-6,9H,7-8,10-11H2,1H3,(H,18,20)/b6-5+. The summed E-state index contributed by atoms with van der Waals surface area (Å²) in [5, 5.41) is 2.16. The summed E-state index contributed by atoms with van der Waals surface area (Å²) in [4.78, 5) is 47.1. The zero-order valence-corrected chi connectivity index (χ0v) is 14.9. The van der Waals surface area contributed by atoms with Gasteiger partial charge in [0.1, 0.15) is 5.75 Å². The highest BCUT2D eigenvalue weighted by atomic mass is 32.2. The monoisotopic (exact) mass is 378 g/mol. The predicted octanol–water partition coefficient (Wildman–Crippen LogP) is 1.06. The Bertz CT molecular complexity index is 718. The second-order valence-electron chi connectivity index (χ2n) is 5.17. The Morgan fingerprint density at radius 2 is 2.15 bits per heavy atom. The molecule has 1 aliphatic heterocycles. The molecule has 0 atom stereocenters. The van der Waals surface area contributed by atoms with Gasteiger partial charge in [0, 0.05) is 19.2 Å². The molecule has 2 rings (SSSR count). The number of thioether (sulfide) groups is 1. The molecule has 1 aromatic rings. The van der Waals surface area contributed by atoms with Gasteiger partial charge in [-0.05, 0) is 23.8 Å². The molecular weight excluding hydrogens is 360 g/mol. The van der Waals surface area contributed by atoms with E-state index in [1.54, 1.807) is 37.5 Å². The number of nitrogens with zero attached hydrogens (tertiary/aromatic N) is 1. The summed E-state index contributed by atoms with van der Waals surface area (Å²) in [6, 6.07) is 7.10. The van der Waals surface area contributed by atoms with Gasteiger partial charge in [-0.25, -0.2) is 4.79 Å². The van der Waals surface area contributed by atoms with E-state index in [1.807, 2.05) is 0 Å². The van der Waals surface area contributed by atoms with Crippen molar-refractivity contribution in [2.75, 3.05) is 32.6 Å². The summed E-state index contributed by atoms with van der Waals surface area (Å²) in [5.41, 5.74) is 0.753. The lowest BCUT2D eigenvalue weighted by atomic mass is 10.2. The predicted molar refractivity (Wildman–Crippen MR) is 95.6 cm³/mol. The van der Waals surface area contributed by atoms with Gasteiger partial charge in [-0.15, -0.1) is 0 Å². The molecule has 1 N–H and O–H groups in total. The Morgan fingerprint density at radius 3 is 2.85 bits per heavy atom. The van der Waals surface area contributed by atoms with Gasteiger partial charge in [0.25, 0.3) is 11.1 Å². The summed E-state index contributed by atoms with van der Waals surface area (Å²) in [7, 11) is 1.55. The second kappa shape index (κ2) is 9.62. The number of amides is 3. The third-order valence-corrected chi connectivity index (χ3v) is 4.21. The van der Waals surface area contributed by atoms with Crippen LogP contribution in [0.3, 0.4) is 0 Å². The van der Waals surface area contributed by atoms with Crippen molar-refractivity contribution in [2.45, 2.75) is 0 Å². The lowest BCUT2D eigenvalue weighted by Gasteiger charge is -2.12. The van der Waals surface area contributed by atoms with Crippen LogP contribution in [0.4, 0.5) is 4.79 Å². The van der Waals surface area contributed by atoms with E-state index in [-0.39, 0.29) is 30.0 Å². The third kappa shape index (κ3) is 5.92. The molecular formula is C17H18N2O6S. The van der Waals surface area contributed by atoms with Crippen LogP contribution in [-0.2, 0) is 19.1 Å². The molecule has 1 fully saturated rings. The van der Waals surface area contributed by atoms with E-state index in [0.717, 1.165) is 22.2 Å². The maximum Gasteiger partial charge on any atom is 0.331 e. The number of imide groups is 1. The molecule has 1 saturated heterocycles. The molecule has 3 amide bonds. The Balaban J connectivity index is 1.68. The fourth-order valence-corrected chi connectivity index (χ4v) is 2.80. The van der Waals surface area contributed by atoms with Gasteiger partial charge in [-0.2, -0.15) is 0 Å². The minimum absolute atomic E-state index is 0.0973. The molecule has 0 spiro atoms. The first-order chi connectivity index (χ1) is 12.5. The fraction of sp³-hybridized carbons (Fsp3) is 0.294. The van der Waals surface area contributed by atoms with Crippen molar-refractivity contribution in [1.82, 2.24) is 10.2 Å². The number of hydrogen-bond donors (Lipinski definition) is 1. The molecule has 0 saturated carbocycles. The maximum absolute atomic E-state index is 11.6. The van der Waals surface area contributed by atoms with E-state index in [0.29, 0.717) is 5.75 Å². The molecule has 0 unspecified atom stereocenters. The van der Waals surface area contributed by atoms with Crippen LogP contribution in [0.5, 0.6) is 5.75 Å². The molecule has 9 heteroatoms. The quantitative estimate of drug-likeness (QED) is 0.533. The molecule has 8 nitrogen and oxygen atoms in total. The van der Waals surface area contributed by atoms with Crippen LogP contribution in [0.25, 0.3) is 6.08 Å². The van der Waals surface area contributed by atoms with Crippen LogP contribution >= 0.6 is 11.8 Å². The summed E-state index contributed by atoms with van der Waals surface area (Å²) < 4.78 is 9.90. The van der Waals surface area contributed by atoms with E-state index < -0.39 is 18.5 Å². The number of carbonyl (C=O) groups is 4. The highest BCUT2D eigenvalue weighted by Gasteiger charge is 2.29. The number of benzene rings is 1. The number of esters is 1. The average molecular weight is 378 g/mol. The smallest absolute Gasteiger partial charge is 0.331 e. The minimum Gasteiger partial charge on any atom is -0.497 e. The van der Waals surface area contributed by atoms with E-state index in [9.17, 15) is 19.2 Å². The SMILES string of the molecule is COc1cccc(/C=C/C(=O)OCC(=O)NCCN2C(=O)CSC2=O)c1. The third-order valence-electron chi connectivity index (χ3n) is 3.35. The first-order valence-electron chi connectivity index (χ1n) is 7.72. The van der Waals surface area contributed by atoms with Gasteiger partial charge in [-0.1, -0.05) is 23.9 Å². The van der Waals surface area contributed by atoms with Gasteiger partial charge in [0.15, 0.2) is 6.61 Å². The average Bonchev–Trinajstić information content (AvgIpc) is 2.97. The topological polar surface area (TPSA) is 102 Å². The maximum atomic E-state index is 11.6. The van der Waals surface area contributed by atoms with Crippen LogP contribution in [0, 0.1) is 0 Å². The molecule has 138 valence electrons. The van der Waals surface area contributed by atoms with E-state index in [2.05, 4.69) is 5.32 Å². The number of ether oxygens (including phenoxy) is 2. The largest absolute Gasteiger partial charge is 0.497 e. The zero-order chi connectivity index (χ0) is 18.9. The van der Waals surface area contributed by atoms with Gasteiger partial charge in [0.2, 0.25) is 5.91 Å². The fourth-order valence-electron chi connectivity index (χ4n) is 2.05. The number of hydrogen-bond acceptors (Lipinski definition) is 7. The Morgan fingerprint density at radius 1 is 1.35 bits per heavy atom. The van der Waals surface area contributed by atoms with Crippen molar-refractivity contribution in [2.24, 2.45) is 0 Å². The number of carbonyl (C=O) groups excluding carboxylic acids is 4. The van der Waals surface area contributed by atoms with Crippen molar-refractivity contribution in [3.63, 3.8) is 0 Å². The van der Waals surface area contributed by atoms with Crippen molar-refractivity contribution in [1.29, 1.82) is 0 Å². The second-order valence-corrected chi connectivity index (χ2v) is 6.09. The van der Waals surface area contributed by atoms with Gasteiger partial charge >= 0.3 is 5.97 Å². The Labute approximate surface area is 154 Å². The van der Waals surface area contributed by atoms with Gasteiger partial charge in [-0.3, -0.25) is 19.3 Å². The lowest BCUT2D eigenvalue weighted by Crippen LogP contribution is -2.38. The van der Waals surface area contributed by atoms with Crippen molar-refractivity contribution >= 4 is 40.9 Å². The molecule has 1 heterocycles. The molecule has 1 aliphatic rings. The first kappa shape index (κ1) is 19.5. The normalized spacial score (nSPS) is 14.0. The zero-order valence-electron chi connectivity index (χ0n) is 14.1. The molecule has 0 radical (unpaired) electrons. The van der Waals surface area contributed by atoms with Crippen LogP contribution in [0.1, 0.15) is 5.56 Å². The summed E-state index contributed by atoms with van der Waals surface area (Å²) in [6.45, 7) is -0.244. The molecule has 0 bridgehead atoms. The highest BCUT2D eigenvalue weighted by molar-refractivity contribution is 8.14. The van der Waals surface area contributed by atoms with E-state index >= 15 is 0 Å². The number of nitrogens with one attached hydrogen (secondary N) is 1. The van der Waals surface area contributed by atoms with Gasteiger partial charge < -0.3 is 14.8 Å². The first-order valence-corrected chi connectivity index (χ1v) is 8.71. The Kier molecular flexibility index (Phi) is 7.22. The summed E-state index contributed by atoms with van der Waals surface area (Å²) >= 11 is 0.932. The van der Waals surface area contributed by atoms with Crippen LogP contribution in [0.2, 0.25) is 0 Å². The molecule has 0 aliphatic carbocycles. The number of rotatable bonds is 8. The highest BCUT2D eigenvalue weighted by Crippen LogP contribution is 2.17. The Hall–Kier alpha value is -2.81. The molecule has 26 heavy (non-hydrogen) atoms. The number of methoxy groups -OCH3 is 1. The van der Waals surface area contributed by atoms with Crippen molar-refractivity contribution < 1.29 is 28.7 Å². The van der Waals surface area contributed by atoms with E-state index in [1.165, 1.54) is 6.08 Å². The van der Waals surface area contributed by atoms with Crippen molar-refractivity contribution in [3.05, 3.63) is 35.9 Å². The summed E-state index contributed by atoms with van der Waals surface area (Å²) in [5.74, 6) is -0.662. The van der Waals surface area contributed by atoms with Crippen LogP contribution < -0.4 is 10.1 Å². The van der Waals surface area contributed by atoms with E-state index in [4.69, 9.17) is 9.47 Å². The molecule has 0 aromatic heterocycles. The van der Waals surface area contributed by atoms with Crippen LogP contribution in [0.15, 0.2) is 30.3 Å². The summed E-state index contributed by atoms with van der Waals surface area (Å²) in [6.07, 6.45) is 2.76. The minimum atomic E-state index is -0.663. The lowest BCUT2D eigenvalue weighted by molar-refractivity contribution is -0.143. The molecule has 1 aromatic carbocycles.